The van der Waals surface area contributed by atoms with Crippen LogP contribution in [0, 0.1) is 5.41 Å². The van der Waals surface area contributed by atoms with Crippen molar-refractivity contribution in [2.75, 3.05) is 32.6 Å². The molecule has 1 atom stereocenters. The third-order valence-electron chi connectivity index (χ3n) is 5.23. The van der Waals surface area contributed by atoms with Gasteiger partial charge in [-0.05, 0) is 51.1 Å². The Morgan fingerprint density at radius 3 is 2.69 bits per heavy atom. The molecule has 0 aliphatic carbocycles. The lowest BCUT2D eigenvalue weighted by atomic mass is 9.77. The van der Waals surface area contributed by atoms with Gasteiger partial charge in [-0.3, -0.25) is 9.69 Å². The van der Waals surface area contributed by atoms with Gasteiger partial charge >= 0.3 is 5.97 Å². The van der Waals surface area contributed by atoms with E-state index in [-0.39, 0.29) is 5.97 Å². The standard InChI is InChI=1S/C22H29N3O3S/c1-3-27-20(26)22(11-13-28-19-8-5-4-6-9-19)10-7-12-25(17-22)16-18-14-23-21(29-2)24-15-18/h4-6,8-9,14-15H,3,7,10-13,16-17H2,1-2H3/t22-/m1/s1. The van der Waals surface area contributed by atoms with Crippen molar-refractivity contribution in [1.29, 1.82) is 0 Å². The summed E-state index contributed by atoms with van der Waals surface area (Å²) in [5, 5.41) is 0.770. The normalized spacial score (nSPS) is 19.7. The SMILES string of the molecule is CCOC(=O)[C@@]1(CCOc2ccccc2)CCCN(Cc2cnc(SC)nc2)C1. The minimum Gasteiger partial charge on any atom is -0.494 e. The highest BCUT2D eigenvalue weighted by Crippen LogP contribution is 2.36. The molecule has 1 aromatic heterocycles. The molecule has 156 valence electrons. The lowest BCUT2D eigenvalue weighted by Gasteiger charge is -2.41. The Bertz CT molecular complexity index is 773. The summed E-state index contributed by atoms with van der Waals surface area (Å²) in [7, 11) is 0. The van der Waals surface area contributed by atoms with Crippen LogP contribution in [0.15, 0.2) is 47.9 Å². The first-order valence-electron chi connectivity index (χ1n) is 10.1. The molecule has 2 aromatic rings. The van der Waals surface area contributed by atoms with Gasteiger partial charge in [0.1, 0.15) is 5.75 Å². The Balaban J connectivity index is 1.66. The maximum absolute atomic E-state index is 12.9. The van der Waals surface area contributed by atoms with Crippen LogP contribution in [0.1, 0.15) is 31.7 Å². The van der Waals surface area contributed by atoms with E-state index in [1.54, 1.807) is 0 Å². The summed E-state index contributed by atoms with van der Waals surface area (Å²) in [6.07, 6.45) is 8.12. The maximum Gasteiger partial charge on any atom is 0.313 e. The van der Waals surface area contributed by atoms with E-state index in [4.69, 9.17) is 9.47 Å². The number of ether oxygens (including phenoxy) is 2. The first kappa shape index (κ1) is 21.6. The van der Waals surface area contributed by atoms with Gasteiger partial charge < -0.3 is 9.47 Å². The fourth-order valence-corrected chi connectivity index (χ4v) is 4.10. The summed E-state index contributed by atoms with van der Waals surface area (Å²) in [5.41, 5.74) is 0.520. The van der Waals surface area contributed by atoms with Crippen molar-refractivity contribution < 1.29 is 14.3 Å². The second-order valence-corrected chi connectivity index (χ2v) is 8.08. The number of aromatic nitrogens is 2. The molecular weight excluding hydrogens is 386 g/mol. The van der Waals surface area contributed by atoms with Gasteiger partial charge in [-0.15, -0.1) is 0 Å². The van der Waals surface area contributed by atoms with E-state index in [1.807, 2.05) is 55.9 Å². The number of thioether (sulfide) groups is 1. The molecule has 0 radical (unpaired) electrons. The number of nitrogens with zero attached hydrogens (tertiary/aromatic N) is 3. The molecule has 1 aromatic carbocycles. The number of hydrogen-bond donors (Lipinski definition) is 0. The predicted molar refractivity (Wildman–Crippen MR) is 114 cm³/mol. The molecule has 0 N–H and O–H groups in total. The zero-order valence-corrected chi connectivity index (χ0v) is 18.0. The highest BCUT2D eigenvalue weighted by Gasteiger charge is 2.43. The van der Waals surface area contributed by atoms with Gasteiger partial charge in [-0.2, -0.15) is 0 Å². The summed E-state index contributed by atoms with van der Waals surface area (Å²) >= 11 is 1.53. The van der Waals surface area contributed by atoms with Gasteiger partial charge in [0.15, 0.2) is 5.16 Å². The highest BCUT2D eigenvalue weighted by atomic mass is 32.2. The summed E-state index contributed by atoms with van der Waals surface area (Å²) in [6.45, 7) is 5.08. The topological polar surface area (TPSA) is 64.6 Å². The third-order valence-corrected chi connectivity index (χ3v) is 5.80. The number of likely N-dealkylation sites (tertiary alicyclic amines) is 1. The van der Waals surface area contributed by atoms with E-state index >= 15 is 0 Å². The van der Waals surface area contributed by atoms with Crippen LogP contribution in [0.4, 0.5) is 0 Å². The van der Waals surface area contributed by atoms with Gasteiger partial charge in [0.05, 0.1) is 18.6 Å². The predicted octanol–water partition coefficient (Wildman–Crippen LogP) is 3.81. The number of para-hydroxylation sites is 1. The smallest absolute Gasteiger partial charge is 0.313 e. The van der Waals surface area contributed by atoms with Crippen LogP contribution in [0.3, 0.4) is 0 Å². The molecular formula is C22H29N3O3S. The Hall–Kier alpha value is -2.12. The monoisotopic (exact) mass is 415 g/mol. The maximum atomic E-state index is 12.9. The van der Waals surface area contributed by atoms with Crippen molar-refractivity contribution in [3.63, 3.8) is 0 Å². The minimum atomic E-state index is -0.539. The van der Waals surface area contributed by atoms with Gasteiger partial charge in [0.2, 0.25) is 0 Å². The summed E-state index contributed by atoms with van der Waals surface area (Å²) in [4.78, 5) is 23.9. The molecule has 7 heteroatoms. The molecule has 0 spiro atoms. The van der Waals surface area contributed by atoms with Crippen LogP contribution < -0.4 is 4.74 Å². The first-order valence-corrected chi connectivity index (χ1v) is 11.3. The van der Waals surface area contributed by atoms with E-state index in [9.17, 15) is 4.79 Å². The summed E-state index contributed by atoms with van der Waals surface area (Å²) in [6, 6.07) is 9.72. The average molecular weight is 416 g/mol. The van der Waals surface area contributed by atoms with Crippen LogP contribution in [-0.2, 0) is 16.1 Å². The largest absolute Gasteiger partial charge is 0.494 e. The molecule has 0 saturated carbocycles. The highest BCUT2D eigenvalue weighted by molar-refractivity contribution is 7.98. The molecule has 1 fully saturated rings. The Kier molecular flexibility index (Phi) is 7.89. The Morgan fingerprint density at radius 1 is 1.24 bits per heavy atom. The number of hydrogen-bond acceptors (Lipinski definition) is 7. The van der Waals surface area contributed by atoms with Crippen LogP contribution in [0.25, 0.3) is 0 Å². The van der Waals surface area contributed by atoms with E-state index in [0.717, 1.165) is 42.4 Å². The number of piperidine rings is 1. The quantitative estimate of drug-likeness (QED) is 0.350. The fourth-order valence-electron chi connectivity index (χ4n) is 3.79. The van der Waals surface area contributed by atoms with Crippen LogP contribution in [-0.4, -0.2) is 53.4 Å². The lowest BCUT2D eigenvalue weighted by molar-refractivity contribution is -0.160. The second kappa shape index (κ2) is 10.6. The molecule has 0 unspecified atom stereocenters. The van der Waals surface area contributed by atoms with Gasteiger partial charge in [0, 0.05) is 31.0 Å². The lowest BCUT2D eigenvalue weighted by Crippen LogP contribution is -2.49. The molecule has 0 amide bonds. The molecule has 2 heterocycles. The molecule has 6 nitrogen and oxygen atoms in total. The number of carbonyl (C=O) groups is 1. The Morgan fingerprint density at radius 2 is 2.00 bits per heavy atom. The minimum absolute atomic E-state index is 0.115. The number of carbonyl (C=O) groups excluding carboxylic acids is 1. The van der Waals surface area contributed by atoms with Crippen molar-refractivity contribution in [3.05, 3.63) is 48.3 Å². The number of esters is 1. The Labute approximate surface area is 177 Å². The van der Waals surface area contributed by atoms with Crippen LogP contribution >= 0.6 is 11.8 Å². The van der Waals surface area contributed by atoms with Gasteiger partial charge in [-0.1, -0.05) is 30.0 Å². The second-order valence-electron chi connectivity index (χ2n) is 7.30. The van der Waals surface area contributed by atoms with Gasteiger partial charge in [0.25, 0.3) is 0 Å². The van der Waals surface area contributed by atoms with Crippen molar-refractivity contribution in [1.82, 2.24) is 14.9 Å². The zero-order chi connectivity index (χ0) is 20.5. The van der Waals surface area contributed by atoms with Crippen LogP contribution in [0.5, 0.6) is 5.75 Å². The molecule has 1 aliphatic heterocycles. The third kappa shape index (κ3) is 5.93. The zero-order valence-electron chi connectivity index (χ0n) is 17.2. The van der Waals surface area contributed by atoms with Crippen molar-refractivity contribution in [2.24, 2.45) is 5.41 Å². The average Bonchev–Trinajstić information content (AvgIpc) is 2.75. The molecule has 29 heavy (non-hydrogen) atoms. The van der Waals surface area contributed by atoms with Crippen molar-refractivity contribution in [3.8, 4) is 5.75 Å². The number of rotatable bonds is 9. The van der Waals surface area contributed by atoms with Crippen molar-refractivity contribution >= 4 is 17.7 Å². The van der Waals surface area contributed by atoms with Crippen molar-refractivity contribution in [2.45, 2.75) is 37.9 Å². The van der Waals surface area contributed by atoms with Gasteiger partial charge in [-0.25, -0.2) is 9.97 Å². The molecule has 3 rings (SSSR count). The van der Waals surface area contributed by atoms with Crippen LogP contribution in [0.2, 0.25) is 0 Å². The summed E-state index contributed by atoms with van der Waals surface area (Å²) < 4.78 is 11.4. The van der Waals surface area contributed by atoms with E-state index in [0.29, 0.717) is 26.2 Å². The number of benzene rings is 1. The fraction of sp³-hybridized carbons (Fsp3) is 0.500. The molecule has 1 saturated heterocycles. The first-order chi connectivity index (χ1) is 14.1. The van der Waals surface area contributed by atoms with E-state index in [2.05, 4.69) is 14.9 Å². The summed E-state index contributed by atoms with van der Waals surface area (Å²) in [5.74, 6) is 0.709. The van der Waals surface area contributed by atoms with E-state index in [1.165, 1.54) is 11.8 Å². The molecule has 0 bridgehead atoms. The van der Waals surface area contributed by atoms with E-state index < -0.39 is 5.41 Å². The molecule has 1 aliphatic rings.